The third-order valence-corrected chi connectivity index (χ3v) is 4.99. The molecule has 2 aliphatic heterocycles. The summed E-state index contributed by atoms with van der Waals surface area (Å²) in [6.45, 7) is 12.0. The number of nitrogens with two attached hydrogens (primary N) is 1. The molecule has 6 heteroatoms. The summed E-state index contributed by atoms with van der Waals surface area (Å²) >= 11 is 0. The zero-order valence-electron chi connectivity index (χ0n) is 15.4. The zero-order chi connectivity index (χ0) is 16.2. The van der Waals surface area contributed by atoms with Crippen LogP contribution in [-0.4, -0.2) is 66.6 Å². The number of likely N-dealkylation sites (tertiary alicyclic amines) is 2. The molecule has 0 radical (unpaired) electrons. The topological polar surface area (TPSA) is 56.9 Å². The second kappa shape index (κ2) is 8.85. The molecule has 0 aromatic heterocycles. The van der Waals surface area contributed by atoms with Crippen LogP contribution in [0.2, 0.25) is 0 Å². The van der Waals surface area contributed by atoms with Crippen molar-refractivity contribution < 1.29 is 0 Å². The Morgan fingerprint density at radius 2 is 1.65 bits per heavy atom. The molecular weight excluding hydrogens is 401 g/mol. The molecule has 0 amide bonds. The van der Waals surface area contributed by atoms with Crippen molar-refractivity contribution in [3.05, 3.63) is 0 Å². The summed E-state index contributed by atoms with van der Waals surface area (Å²) in [4.78, 5) is 9.87. The van der Waals surface area contributed by atoms with Crippen molar-refractivity contribution in [2.45, 2.75) is 64.0 Å². The maximum atomic E-state index is 6.10. The van der Waals surface area contributed by atoms with Crippen LogP contribution in [-0.2, 0) is 0 Å². The lowest BCUT2D eigenvalue weighted by Crippen LogP contribution is -2.58. The van der Waals surface area contributed by atoms with E-state index in [-0.39, 0.29) is 35.1 Å². The standard InChI is InChI=1S/C17H35N5.HI/c1-16(2,3)20-15(18)19-14-17(8-12-21(4)13-9-17)22-10-6-5-7-11-22;/h5-14H2,1-4H3,(H3,18,19,20);1H. The summed E-state index contributed by atoms with van der Waals surface area (Å²) in [5.41, 5.74) is 6.29. The molecule has 0 aromatic rings. The highest BCUT2D eigenvalue weighted by atomic mass is 127. The smallest absolute Gasteiger partial charge is 0.189 e. The molecule has 0 spiro atoms. The van der Waals surface area contributed by atoms with Gasteiger partial charge >= 0.3 is 0 Å². The van der Waals surface area contributed by atoms with Gasteiger partial charge in [0.2, 0.25) is 0 Å². The van der Waals surface area contributed by atoms with Crippen LogP contribution in [0.3, 0.4) is 0 Å². The Balaban J connectivity index is 0.00000264. The van der Waals surface area contributed by atoms with Crippen molar-refractivity contribution in [3.8, 4) is 0 Å². The molecule has 0 aromatic carbocycles. The van der Waals surface area contributed by atoms with Crippen molar-refractivity contribution in [1.82, 2.24) is 15.1 Å². The maximum absolute atomic E-state index is 6.10. The molecule has 2 fully saturated rings. The molecule has 2 saturated heterocycles. The number of guanidine groups is 1. The minimum Gasteiger partial charge on any atom is -0.370 e. The summed E-state index contributed by atoms with van der Waals surface area (Å²) in [6.07, 6.45) is 6.45. The Labute approximate surface area is 159 Å². The average molecular weight is 437 g/mol. The fourth-order valence-corrected chi connectivity index (χ4v) is 3.63. The van der Waals surface area contributed by atoms with Gasteiger partial charge in [0, 0.05) is 11.1 Å². The lowest BCUT2D eigenvalue weighted by Gasteiger charge is -2.49. The Kier molecular flexibility index (Phi) is 8.07. The number of rotatable bonds is 3. The Hall–Kier alpha value is -0.0800. The lowest BCUT2D eigenvalue weighted by atomic mass is 9.84. The normalized spacial score (nSPS) is 24.1. The van der Waals surface area contributed by atoms with Gasteiger partial charge in [-0.2, -0.15) is 0 Å². The van der Waals surface area contributed by atoms with Gasteiger partial charge in [0.15, 0.2) is 5.96 Å². The summed E-state index contributed by atoms with van der Waals surface area (Å²) in [7, 11) is 2.22. The zero-order valence-corrected chi connectivity index (χ0v) is 17.7. The van der Waals surface area contributed by atoms with Crippen molar-refractivity contribution in [3.63, 3.8) is 0 Å². The van der Waals surface area contributed by atoms with E-state index in [1.54, 1.807) is 0 Å². The summed E-state index contributed by atoms with van der Waals surface area (Å²) in [5.74, 6) is 0.586. The van der Waals surface area contributed by atoms with E-state index in [0.717, 1.165) is 6.54 Å². The van der Waals surface area contributed by atoms with Crippen molar-refractivity contribution in [2.24, 2.45) is 10.7 Å². The highest BCUT2D eigenvalue weighted by molar-refractivity contribution is 14.0. The molecule has 0 saturated carbocycles. The summed E-state index contributed by atoms with van der Waals surface area (Å²) in [6, 6.07) is 0. The molecule has 0 unspecified atom stereocenters. The van der Waals surface area contributed by atoms with Gasteiger partial charge < -0.3 is 16.0 Å². The quantitative estimate of drug-likeness (QED) is 0.404. The van der Waals surface area contributed by atoms with Gasteiger partial charge in [0.1, 0.15) is 0 Å². The van der Waals surface area contributed by atoms with Crippen LogP contribution in [0, 0.1) is 0 Å². The van der Waals surface area contributed by atoms with Crippen molar-refractivity contribution >= 4 is 29.9 Å². The minimum absolute atomic E-state index is 0. The molecule has 5 nitrogen and oxygen atoms in total. The van der Waals surface area contributed by atoms with E-state index in [4.69, 9.17) is 10.7 Å². The van der Waals surface area contributed by atoms with Crippen LogP contribution >= 0.6 is 24.0 Å². The van der Waals surface area contributed by atoms with Crippen molar-refractivity contribution in [1.29, 1.82) is 0 Å². The second-order valence-electron chi connectivity index (χ2n) is 8.15. The first-order valence-corrected chi connectivity index (χ1v) is 8.82. The predicted molar refractivity (Wildman–Crippen MR) is 110 cm³/mol. The van der Waals surface area contributed by atoms with Crippen LogP contribution in [0.25, 0.3) is 0 Å². The van der Waals surface area contributed by atoms with Gasteiger partial charge in [-0.1, -0.05) is 6.42 Å². The first-order valence-electron chi connectivity index (χ1n) is 8.82. The third kappa shape index (κ3) is 6.38. The van der Waals surface area contributed by atoms with E-state index in [2.05, 4.69) is 42.9 Å². The minimum atomic E-state index is -0.0291. The van der Waals surface area contributed by atoms with E-state index in [1.165, 1.54) is 58.3 Å². The highest BCUT2D eigenvalue weighted by Crippen LogP contribution is 2.31. The van der Waals surface area contributed by atoms with Crippen LogP contribution in [0.15, 0.2) is 4.99 Å². The molecule has 136 valence electrons. The molecule has 3 N–H and O–H groups in total. The van der Waals surface area contributed by atoms with Crippen molar-refractivity contribution in [2.75, 3.05) is 39.8 Å². The highest BCUT2D eigenvalue weighted by Gasteiger charge is 2.39. The number of hydrogen-bond donors (Lipinski definition) is 2. The van der Waals surface area contributed by atoms with Crippen LogP contribution < -0.4 is 11.1 Å². The fraction of sp³-hybridized carbons (Fsp3) is 0.941. The molecule has 0 bridgehead atoms. The first kappa shape index (κ1) is 21.0. The predicted octanol–water partition coefficient (Wildman–Crippen LogP) is 2.26. The number of nitrogens with zero attached hydrogens (tertiary/aromatic N) is 3. The van der Waals surface area contributed by atoms with Gasteiger partial charge in [-0.15, -0.1) is 24.0 Å². The Morgan fingerprint density at radius 1 is 1.09 bits per heavy atom. The number of hydrogen-bond acceptors (Lipinski definition) is 3. The molecule has 23 heavy (non-hydrogen) atoms. The van der Waals surface area contributed by atoms with E-state index in [9.17, 15) is 0 Å². The van der Waals surface area contributed by atoms with Gasteiger partial charge in [0.25, 0.3) is 0 Å². The molecular formula is C17H36IN5. The fourth-order valence-electron chi connectivity index (χ4n) is 3.63. The second-order valence-corrected chi connectivity index (χ2v) is 8.15. The molecule has 0 aliphatic carbocycles. The summed E-state index contributed by atoms with van der Waals surface area (Å²) < 4.78 is 0. The van der Waals surface area contributed by atoms with E-state index < -0.39 is 0 Å². The van der Waals surface area contributed by atoms with Crippen LogP contribution in [0.4, 0.5) is 0 Å². The van der Waals surface area contributed by atoms with E-state index >= 15 is 0 Å². The molecule has 0 atom stereocenters. The SMILES string of the molecule is CN1CCC(CN=C(N)NC(C)(C)C)(N2CCCCC2)CC1.I. The van der Waals surface area contributed by atoms with Gasteiger partial charge in [-0.05, 0) is 79.7 Å². The van der Waals surface area contributed by atoms with Gasteiger partial charge in [-0.3, -0.25) is 9.89 Å². The third-order valence-electron chi connectivity index (χ3n) is 4.99. The Bertz CT molecular complexity index is 377. The first-order chi connectivity index (χ1) is 10.3. The summed E-state index contributed by atoms with van der Waals surface area (Å²) in [5, 5.41) is 3.29. The number of piperidine rings is 2. The Morgan fingerprint density at radius 3 is 2.17 bits per heavy atom. The van der Waals surface area contributed by atoms with Gasteiger partial charge in [-0.25, -0.2) is 0 Å². The number of halogens is 1. The average Bonchev–Trinajstić information content (AvgIpc) is 2.46. The molecule has 2 aliphatic rings. The largest absolute Gasteiger partial charge is 0.370 e. The van der Waals surface area contributed by atoms with Crippen LogP contribution in [0.1, 0.15) is 52.9 Å². The number of nitrogens with one attached hydrogen (secondary N) is 1. The van der Waals surface area contributed by atoms with Gasteiger partial charge in [0.05, 0.1) is 6.54 Å². The molecule has 2 rings (SSSR count). The van der Waals surface area contributed by atoms with E-state index in [1.807, 2.05) is 0 Å². The number of aliphatic imine (C=N–C) groups is 1. The molecule has 2 heterocycles. The lowest BCUT2D eigenvalue weighted by molar-refractivity contribution is 0.0208. The monoisotopic (exact) mass is 437 g/mol. The van der Waals surface area contributed by atoms with Crippen LogP contribution in [0.5, 0.6) is 0 Å². The maximum Gasteiger partial charge on any atom is 0.189 e. The van der Waals surface area contributed by atoms with E-state index in [0.29, 0.717) is 5.96 Å².